The summed E-state index contributed by atoms with van der Waals surface area (Å²) in [6.07, 6.45) is 4.96. The predicted molar refractivity (Wildman–Crippen MR) is 101 cm³/mol. The average Bonchev–Trinajstić information content (AvgIpc) is 3.02. The largest absolute Gasteiger partial charge is 0.387 e. The third kappa shape index (κ3) is 3.20. The van der Waals surface area contributed by atoms with Gasteiger partial charge in [-0.25, -0.2) is 0 Å². The van der Waals surface area contributed by atoms with E-state index in [4.69, 9.17) is 27.9 Å². The van der Waals surface area contributed by atoms with E-state index in [0.29, 0.717) is 36.9 Å². The Morgan fingerprint density at radius 1 is 1.42 bits per heavy atom. The lowest BCUT2D eigenvalue weighted by atomic mass is 9.66. The standard InChI is InChI=1S/C19H28Cl2N2O3/c1-10-6-15-13(8-23(10)16(25)9-24)17-12(11-2-4-26-5-3-11)7-14(20)18(21)19(17)22-15/h2,10,12-15,17-19,22,24H,3-9H2,1H3/t10-,12?,13?,14?,15?,17?,18?,19?/m1/s1. The predicted octanol–water partition coefficient (Wildman–Crippen LogP) is 1.75. The van der Waals surface area contributed by atoms with Gasteiger partial charge in [-0.1, -0.05) is 11.6 Å². The second kappa shape index (κ2) is 7.59. The number of aliphatic hydroxyl groups is 1. The van der Waals surface area contributed by atoms with Crippen molar-refractivity contribution in [3.63, 3.8) is 0 Å². The fraction of sp³-hybridized carbons (Fsp3) is 0.842. The lowest BCUT2D eigenvalue weighted by molar-refractivity contribution is -0.139. The van der Waals surface area contributed by atoms with Crippen molar-refractivity contribution in [2.45, 2.75) is 55.1 Å². The summed E-state index contributed by atoms with van der Waals surface area (Å²) in [4.78, 5) is 14.1. The summed E-state index contributed by atoms with van der Waals surface area (Å²) in [5.41, 5.74) is 1.45. The van der Waals surface area contributed by atoms with Gasteiger partial charge >= 0.3 is 0 Å². The van der Waals surface area contributed by atoms with Crippen LogP contribution in [0.25, 0.3) is 0 Å². The van der Waals surface area contributed by atoms with Gasteiger partial charge in [0.05, 0.1) is 24.0 Å². The van der Waals surface area contributed by atoms with E-state index in [-0.39, 0.29) is 28.7 Å². The van der Waals surface area contributed by atoms with Crippen LogP contribution in [0.5, 0.6) is 0 Å². The van der Waals surface area contributed by atoms with Gasteiger partial charge in [-0.05, 0) is 43.9 Å². The van der Waals surface area contributed by atoms with Gasteiger partial charge in [0.25, 0.3) is 0 Å². The zero-order chi connectivity index (χ0) is 18.4. The van der Waals surface area contributed by atoms with Crippen LogP contribution in [0.4, 0.5) is 0 Å². The molecule has 5 nitrogen and oxygen atoms in total. The highest BCUT2D eigenvalue weighted by Crippen LogP contribution is 2.50. The number of hydrogen-bond acceptors (Lipinski definition) is 4. The van der Waals surface area contributed by atoms with Crippen LogP contribution in [0.2, 0.25) is 0 Å². The van der Waals surface area contributed by atoms with E-state index in [2.05, 4.69) is 18.3 Å². The molecule has 7 heteroatoms. The molecule has 4 aliphatic rings. The van der Waals surface area contributed by atoms with Crippen molar-refractivity contribution in [1.82, 2.24) is 10.2 Å². The molecule has 4 rings (SSSR count). The van der Waals surface area contributed by atoms with Gasteiger partial charge in [0.1, 0.15) is 6.61 Å². The Morgan fingerprint density at radius 2 is 2.23 bits per heavy atom. The Bertz CT molecular complexity index is 587. The number of ether oxygens (including phenoxy) is 1. The molecule has 2 saturated heterocycles. The molecule has 8 atom stereocenters. The van der Waals surface area contributed by atoms with Crippen molar-refractivity contribution in [3.05, 3.63) is 11.6 Å². The van der Waals surface area contributed by atoms with E-state index in [9.17, 15) is 9.90 Å². The number of likely N-dealkylation sites (tertiary alicyclic amines) is 1. The molecular formula is C19H28Cl2N2O3. The van der Waals surface area contributed by atoms with E-state index >= 15 is 0 Å². The number of nitrogens with one attached hydrogen (secondary N) is 1. The Kier molecular flexibility index (Phi) is 5.55. The molecule has 7 unspecified atom stereocenters. The van der Waals surface area contributed by atoms with Crippen LogP contribution in [0, 0.1) is 17.8 Å². The van der Waals surface area contributed by atoms with Crippen LogP contribution in [0.1, 0.15) is 26.2 Å². The minimum Gasteiger partial charge on any atom is -0.387 e. The van der Waals surface area contributed by atoms with E-state index in [1.807, 2.05) is 4.90 Å². The molecular weight excluding hydrogens is 375 g/mol. The van der Waals surface area contributed by atoms with Crippen molar-refractivity contribution in [1.29, 1.82) is 0 Å². The first-order valence-corrected chi connectivity index (χ1v) is 10.6. The number of nitrogens with zero attached hydrogens (tertiary/aromatic N) is 1. The topological polar surface area (TPSA) is 61.8 Å². The monoisotopic (exact) mass is 402 g/mol. The van der Waals surface area contributed by atoms with Crippen molar-refractivity contribution in [3.8, 4) is 0 Å². The fourth-order valence-electron chi connectivity index (χ4n) is 5.73. The number of rotatable bonds is 2. The van der Waals surface area contributed by atoms with Gasteiger partial charge in [0.2, 0.25) is 5.91 Å². The van der Waals surface area contributed by atoms with Crippen molar-refractivity contribution in [2.75, 3.05) is 26.4 Å². The van der Waals surface area contributed by atoms with Crippen LogP contribution < -0.4 is 5.32 Å². The van der Waals surface area contributed by atoms with E-state index in [1.54, 1.807) is 0 Å². The molecule has 1 saturated carbocycles. The molecule has 0 radical (unpaired) electrons. The summed E-state index contributed by atoms with van der Waals surface area (Å²) < 4.78 is 5.50. The van der Waals surface area contributed by atoms with E-state index < -0.39 is 6.61 Å². The van der Waals surface area contributed by atoms with Gasteiger partial charge in [0, 0.05) is 24.7 Å². The number of amides is 1. The first kappa shape index (κ1) is 19.0. The molecule has 1 amide bonds. The summed E-state index contributed by atoms with van der Waals surface area (Å²) in [6, 6.07) is 0.659. The molecule has 0 aromatic heterocycles. The highest BCUT2D eigenvalue weighted by atomic mass is 35.5. The Hall–Kier alpha value is -0.330. The summed E-state index contributed by atoms with van der Waals surface area (Å²) in [7, 11) is 0. The van der Waals surface area contributed by atoms with Crippen molar-refractivity contribution >= 4 is 29.1 Å². The third-order valence-electron chi connectivity index (χ3n) is 6.93. The molecule has 2 N–H and O–H groups in total. The second-order valence-corrected chi connectivity index (χ2v) is 9.30. The zero-order valence-electron chi connectivity index (χ0n) is 15.1. The third-order valence-corrected chi connectivity index (χ3v) is 8.08. The number of alkyl halides is 2. The molecule has 0 bridgehead atoms. The lowest BCUT2D eigenvalue weighted by Gasteiger charge is -2.46. The Balaban J connectivity index is 1.63. The summed E-state index contributed by atoms with van der Waals surface area (Å²) in [5.74, 6) is 0.951. The average molecular weight is 403 g/mol. The van der Waals surface area contributed by atoms with E-state index in [0.717, 1.165) is 25.9 Å². The van der Waals surface area contributed by atoms with Gasteiger partial charge in [0.15, 0.2) is 0 Å². The number of aliphatic hydroxyl groups excluding tert-OH is 1. The molecule has 3 fully saturated rings. The lowest BCUT2D eigenvalue weighted by Crippen LogP contribution is -2.53. The molecule has 0 aromatic carbocycles. The maximum atomic E-state index is 12.2. The first-order chi connectivity index (χ1) is 12.5. The fourth-order valence-corrected chi connectivity index (χ4v) is 6.43. The number of fused-ring (bicyclic) bond motifs is 3. The highest BCUT2D eigenvalue weighted by Gasteiger charge is 2.56. The molecule has 146 valence electrons. The van der Waals surface area contributed by atoms with Crippen molar-refractivity contribution < 1.29 is 14.6 Å². The summed E-state index contributed by atoms with van der Waals surface area (Å²) in [5, 5.41) is 13.0. The Labute approximate surface area is 165 Å². The number of hydrogen-bond donors (Lipinski definition) is 2. The van der Waals surface area contributed by atoms with Crippen LogP contribution >= 0.6 is 23.2 Å². The molecule has 0 spiro atoms. The SMILES string of the molecule is C[C@@H]1CC2NC3C(Cl)C(Cl)CC(C4=CCOCC4)C3C2CN1C(=O)CO. The minimum absolute atomic E-state index is 0.0492. The number of halogens is 2. The van der Waals surface area contributed by atoms with Crippen molar-refractivity contribution in [2.24, 2.45) is 17.8 Å². The van der Waals surface area contributed by atoms with Crippen LogP contribution in [-0.2, 0) is 9.53 Å². The minimum atomic E-state index is -0.420. The van der Waals surface area contributed by atoms with Crippen LogP contribution in [0.3, 0.4) is 0 Å². The molecule has 26 heavy (non-hydrogen) atoms. The maximum absolute atomic E-state index is 12.2. The van der Waals surface area contributed by atoms with Crippen LogP contribution in [0.15, 0.2) is 11.6 Å². The van der Waals surface area contributed by atoms with Gasteiger partial charge in [-0.2, -0.15) is 0 Å². The second-order valence-electron chi connectivity index (χ2n) is 8.24. The van der Waals surface area contributed by atoms with Gasteiger partial charge < -0.3 is 20.1 Å². The smallest absolute Gasteiger partial charge is 0.248 e. The zero-order valence-corrected chi connectivity index (χ0v) is 16.6. The molecule has 3 heterocycles. The normalized spacial score (nSPS) is 45.7. The molecule has 1 aliphatic carbocycles. The number of carbonyl (C=O) groups is 1. The quantitative estimate of drug-likeness (QED) is 0.545. The van der Waals surface area contributed by atoms with Gasteiger partial charge in [-0.15, -0.1) is 23.2 Å². The number of carbonyl (C=O) groups excluding carboxylic acids is 1. The molecule has 0 aromatic rings. The first-order valence-electron chi connectivity index (χ1n) is 9.72. The Morgan fingerprint density at radius 3 is 2.92 bits per heavy atom. The summed E-state index contributed by atoms with van der Waals surface area (Å²) in [6.45, 7) is 3.78. The highest BCUT2D eigenvalue weighted by molar-refractivity contribution is 6.30. The van der Waals surface area contributed by atoms with E-state index in [1.165, 1.54) is 5.57 Å². The maximum Gasteiger partial charge on any atom is 0.248 e. The van der Waals surface area contributed by atoms with Gasteiger partial charge in [-0.3, -0.25) is 4.79 Å². The summed E-state index contributed by atoms with van der Waals surface area (Å²) >= 11 is 13.4. The number of piperidine rings is 1. The molecule has 3 aliphatic heterocycles. The van der Waals surface area contributed by atoms with Crippen LogP contribution in [-0.4, -0.2) is 71.2 Å².